The summed E-state index contributed by atoms with van der Waals surface area (Å²) in [4.78, 5) is 31.3. The first-order valence-electron chi connectivity index (χ1n) is 11.8. The zero-order valence-corrected chi connectivity index (χ0v) is 20.6. The van der Waals surface area contributed by atoms with Crippen LogP contribution < -0.4 is 14.2 Å². The number of nitrogens with zero attached hydrogens (tertiary/aromatic N) is 1. The molecule has 0 bridgehead atoms. The van der Waals surface area contributed by atoms with Crippen LogP contribution in [0.4, 0.5) is 0 Å². The molecule has 1 unspecified atom stereocenters. The highest BCUT2D eigenvalue weighted by Gasteiger charge is 2.43. The molecule has 0 aromatic heterocycles. The number of benzene rings is 2. The molecular formula is C28H31NO6. The number of hydrogen-bond acceptors (Lipinski definition) is 7. The lowest BCUT2D eigenvalue weighted by Gasteiger charge is -2.34. The van der Waals surface area contributed by atoms with Crippen molar-refractivity contribution in [3.05, 3.63) is 64.9 Å². The minimum absolute atomic E-state index is 0.0170. The molecule has 2 aliphatic rings. The molecule has 0 radical (unpaired) electrons. The van der Waals surface area contributed by atoms with Gasteiger partial charge in [0, 0.05) is 35.7 Å². The monoisotopic (exact) mass is 477 g/mol. The van der Waals surface area contributed by atoms with Crippen LogP contribution in [0.3, 0.4) is 0 Å². The molecule has 2 atom stereocenters. The predicted molar refractivity (Wildman–Crippen MR) is 132 cm³/mol. The third-order valence-corrected chi connectivity index (χ3v) is 6.61. The van der Waals surface area contributed by atoms with Gasteiger partial charge in [-0.1, -0.05) is 30.3 Å². The Labute approximate surface area is 205 Å². The smallest absolute Gasteiger partial charge is 0.315 e. The molecule has 1 heterocycles. The highest BCUT2D eigenvalue weighted by atomic mass is 16.5. The summed E-state index contributed by atoms with van der Waals surface area (Å²) in [5.74, 6) is -0.282. The molecule has 35 heavy (non-hydrogen) atoms. The maximum absolute atomic E-state index is 13.5. The van der Waals surface area contributed by atoms with Crippen LogP contribution in [0.25, 0.3) is 0 Å². The second-order valence-electron chi connectivity index (χ2n) is 8.71. The summed E-state index contributed by atoms with van der Waals surface area (Å²) in [7, 11) is 4.62. The number of carbonyl (C=O) groups excluding carboxylic acids is 2. The van der Waals surface area contributed by atoms with Gasteiger partial charge in [0.1, 0.15) is 5.92 Å². The van der Waals surface area contributed by atoms with Gasteiger partial charge in [0.05, 0.1) is 27.9 Å². The van der Waals surface area contributed by atoms with Gasteiger partial charge in [0.25, 0.3) is 0 Å². The predicted octanol–water partition coefficient (Wildman–Crippen LogP) is 4.68. The van der Waals surface area contributed by atoms with Crippen molar-refractivity contribution in [1.82, 2.24) is 0 Å². The standard InChI is InChI=1S/C28H31NO6/c1-17-24(28(31)35-14-13-18-9-6-5-7-10-18)25(26-20(29-17)11-8-12-21(26)30)19-15-22(32-2)27(34-4)23(16-19)33-3/h5-7,9-10,15-16,24-25H,8,11-14H2,1-4H3/t24?,25-/m0/s1. The minimum Gasteiger partial charge on any atom is -0.493 e. The summed E-state index contributed by atoms with van der Waals surface area (Å²) in [5.41, 5.74) is 3.79. The lowest BCUT2D eigenvalue weighted by Crippen LogP contribution is -2.37. The highest BCUT2D eigenvalue weighted by Crippen LogP contribution is 2.47. The topological polar surface area (TPSA) is 83.4 Å². The molecule has 7 heteroatoms. The van der Waals surface area contributed by atoms with Gasteiger partial charge in [-0.25, -0.2) is 0 Å². The Morgan fingerprint density at radius 3 is 2.31 bits per heavy atom. The fraction of sp³-hybridized carbons (Fsp3) is 0.393. The first kappa shape index (κ1) is 24.5. The molecule has 4 rings (SSSR count). The Bertz CT molecular complexity index is 1140. The Morgan fingerprint density at radius 2 is 1.69 bits per heavy atom. The van der Waals surface area contributed by atoms with E-state index in [9.17, 15) is 9.59 Å². The van der Waals surface area contributed by atoms with Gasteiger partial charge >= 0.3 is 5.97 Å². The molecule has 0 fully saturated rings. The summed E-state index contributed by atoms with van der Waals surface area (Å²) in [6, 6.07) is 13.5. The number of ether oxygens (including phenoxy) is 4. The van der Waals surface area contributed by atoms with Crippen LogP contribution >= 0.6 is 0 Å². The van der Waals surface area contributed by atoms with Crippen molar-refractivity contribution < 1.29 is 28.5 Å². The molecule has 1 aliphatic heterocycles. The quantitative estimate of drug-likeness (QED) is 0.514. The van der Waals surface area contributed by atoms with Crippen molar-refractivity contribution in [2.45, 2.75) is 38.5 Å². The molecule has 2 aromatic carbocycles. The third kappa shape index (κ3) is 4.94. The summed E-state index contributed by atoms with van der Waals surface area (Å²) >= 11 is 0. The molecule has 0 N–H and O–H groups in total. The zero-order chi connectivity index (χ0) is 24.9. The summed E-state index contributed by atoms with van der Waals surface area (Å²) in [5, 5.41) is 0. The number of hydrogen-bond donors (Lipinski definition) is 0. The van der Waals surface area contributed by atoms with Crippen LogP contribution in [-0.2, 0) is 20.7 Å². The SMILES string of the molecule is COc1cc([C@@H]2C3=C(CCCC3=O)N=C(C)C2C(=O)OCCc2ccccc2)cc(OC)c1OC. The normalized spacial score (nSPS) is 19.5. The lowest BCUT2D eigenvalue weighted by atomic mass is 9.71. The summed E-state index contributed by atoms with van der Waals surface area (Å²) in [6.45, 7) is 2.07. The fourth-order valence-corrected chi connectivity index (χ4v) is 4.96. The van der Waals surface area contributed by atoms with Gasteiger partial charge in [-0.15, -0.1) is 0 Å². The minimum atomic E-state index is -0.727. The average Bonchev–Trinajstić information content (AvgIpc) is 2.87. The van der Waals surface area contributed by atoms with E-state index in [-0.39, 0.29) is 12.4 Å². The van der Waals surface area contributed by atoms with Crippen LogP contribution in [0.2, 0.25) is 0 Å². The fourth-order valence-electron chi connectivity index (χ4n) is 4.96. The number of allylic oxidation sites excluding steroid dienone is 2. The van der Waals surface area contributed by atoms with E-state index in [2.05, 4.69) is 0 Å². The van der Waals surface area contributed by atoms with Crippen molar-refractivity contribution in [2.24, 2.45) is 10.9 Å². The number of methoxy groups -OCH3 is 3. The number of rotatable bonds is 8. The Balaban J connectivity index is 1.73. The van der Waals surface area contributed by atoms with Crippen molar-refractivity contribution in [1.29, 1.82) is 0 Å². The van der Waals surface area contributed by atoms with Crippen molar-refractivity contribution in [3.8, 4) is 17.2 Å². The molecule has 1 aliphatic carbocycles. The number of aliphatic imine (C=N–C) groups is 1. The lowest BCUT2D eigenvalue weighted by molar-refractivity contribution is -0.146. The van der Waals surface area contributed by atoms with Gasteiger partial charge in [-0.3, -0.25) is 14.6 Å². The van der Waals surface area contributed by atoms with Gasteiger partial charge in [-0.05, 0) is 43.0 Å². The third-order valence-electron chi connectivity index (χ3n) is 6.61. The van der Waals surface area contributed by atoms with E-state index < -0.39 is 17.8 Å². The first-order chi connectivity index (χ1) is 17.0. The van der Waals surface area contributed by atoms with E-state index in [1.54, 1.807) is 26.4 Å². The average molecular weight is 478 g/mol. The molecule has 7 nitrogen and oxygen atoms in total. The van der Waals surface area contributed by atoms with Crippen molar-refractivity contribution in [3.63, 3.8) is 0 Å². The van der Waals surface area contributed by atoms with Gasteiger partial charge < -0.3 is 18.9 Å². The summed E-state index contributed by atoms with van der Waals surface area (Å²) < 4.78 is 22.3. The van der Waals surface area contributed by atoms with E-state index in [4.69, 9.17) is 23.9 Å². The Kier molecular flexibility index (Phi) is 7.54. The number of esters is 1. The molecular weight excluding hydrogens is 446 g/mol. The van der Waals surface area contributed by atoms with E-state index in [1.165, 1.54) is 7.11 Å². The number of ketones is 1. The maximum Gasteiger partial charge on any atom is 0.315 e. The Morgan fingerprint density at radius 1 is 1.00 bits per heavy atom. The van der Waals surface area contributed by atoms with Crippen LogP contribution in [-0.4, -0.2) is 45.4 Å². The van der Waals surface area contributed by atoms with Gasteiger partial charge in [0.15, 0.2) is 17.3 Å². The van der Waals surface area contributed by atoms with E-state index >= 15 is 0 Å². The van der Waals surface area contributed by atoms with Gasteiger partial charge in [0.2, 0.25) is 5.75 Å². The van der Waals surface area contributed by atoms with Crippen LogP contribution in [0.15, 0.2) is 58.7 Å². The number of Topliss-reactive ketones (excluding diaryl/α,β-unsaturated/α-hetero) is 1. The molecule has 0 saturated heterocycles. The van der Waals surface area contributed by atoms with E-state index in [1.807, 2.05) is 37.3 Å². The molecule has 184 valence electrons. The highest BCUT2D eigenvalue weighted by molar-refractivity contribution is 6.08. The van der Waals surface area contributed by atoms with Crippen LogP contribution in [0.1, 0.15) is 43.2 Å². The second kappa shape index (κ2) is 10.8. The molecule has 2 aromatic rings. The Hall–Kier alpha value is -3.61. The first-order valence-corrected chi connectivity index (χ1v) is 11.8. The van der Waals surface area contributed by atoms with E-state index in [0.717, 1.165) is 23.2 Å². The molecule has 0 saturated carbocycles. The second-order valence-corrected chi connectivity index (χ2v) is 8.71. The maximum atomic E-state index is 13.5. The zero-order valence-electron chi connectivity index (χ0n) is 20.6. The van der Waals surface area contributed by atoms with Gasteiger partial charge in [-0.2, -0.15) is 0 Å². The van der Waals surface area contributed by atoms with Crippen LogP contribution in [0.5, 0.6) is 17.2 Å². The number of carbonyl (C=O) groups is 2. The van der Waals surface area contributed by atoms with Crippen molar-refractivity contribution >= 4 is 17.5 Å². The molecule has 0 amide bonds. The van der Waals surface area contributed by atoms with Crippen molar-refractivity contribution in [2.75, 3.05) is 27.9 Å². The van der Waals surface area contributed by atoms with E-state index in [0.29, 0.717) is 47.8 Å². The molecule has 0 spiro atoms. The van der Waals surface area contributed by atoms with Crippen LogP contribution in [0, 0.1) is 5.92 Å². The summed E-state index contributed by atoms with van der Waals surface area (Å²) in [6.07, 6.45) is 2.50. The largest absolute Gasteiger partial charge is 0.493 e.